The molecule has 0 bridgehead atoms. The van der Waals surface area contributed by atoms with Crippen molar-refractivity contribution in [1.82, 2.24) is 4.57 Å². The second-order valence-electron chi connectivity index (χ2n) is 16.5. The first-order valence-electron chi connectivity index (χ1n) is 21.5. The molecule has 0 amide bonds. The molecule has 62 heavy (non-hydrogen) atoms. The summed E-state index contributed by atoms with van der Waals surface area (Å²) in [4.78, 5) is 10.8. The van der Waals surface area contributed by atoms with Crippen molar-refractivity contribution < 1.29 is 0 Å². The zero-order valence-electron chi connectivity index (χ0n) is 36.5. The van der Waals surface area contributed by atoms with Crippen LogP contribution in [-0.2, 0) is 6.42 Å². The van der Waals surface area contributed by atoms with Crippen LogP contribution in [-0.4, -0.2) is 16.2 Å². The summed E-state index contributed by atoms with van der Waals surface area (Å²) in [5.41, 5.74) is 19.4. The Kier molecular flexibility index (Phi) is 11.0. The average molecular weight is 802 g/mol. The lowest BCUT2D eigenvalue weighted by Gasteiger charge is -2.18. The smallest absolute Gasteiger partial charge is 0.235 e. The van der Waals surface area contributed by atoms with Crippen LogP contribution in [0.5, 0.6) is 0 Å². The zero-order valence-corrected chi connectivity index (χ0v) is 36.5. The Morgan fingerprint density at radius 1 is 0.613 bits per heavy atom. The highest BCUT2D eigenvalue weighted by Crippen LogP contribution is 2.42. The van der Waals surface area contributed by atoms with Crippen molar-refractivity contribution in [2.24, 2.45) is 9.98 Å². The fourth-order valence-corrected chi connectivity index (χ4v) is 8.90. The first-order chi connectivity index (χ1) is 30.2. The molecular formula is C59H51N3. The lowest BCUT2D eigenvalue weighted by atomic mass is 9.87. The van der Waals surface area contributed by atoms with Crippen LogP contribution in [0, 0.1) is 6.92 Å². The van der Waals surface area contributed by atoms with Crippen LogP contribution in [0.4, 0.5) is 0 Å². The van der Waals surface area contributed by atoms with Gasteiger partial charge in [-0.05, 0) is 149 Å². The van der Waals surface area contributed by atoms with Crippen molar-refractivity contribution in [3.8, 4) is 22.3 Å². The quantitative estimate of drug-likeness (QED) is 0.0873. The molecule has 3 nitrogen and oxygen atoms in total. The molecule has 0 N–H and O–H groups in total. The SMILES string of the molecule is C=C(N=C(/N=C(\C)c1ccc2ccccc2c1)n1c2ccccc2c2ccc(-c3ccc4c(c3C)CC(c3ccccc3)=Cc3ccccc3-4)cc21)/C(C)=C/C(C)=C(C)/C=C\C. The van der Waals surface area contributed by atoms with E-state index in [1.54, 1.807) is 0 Å². The van der Waals surface area contributed by atoms with Gasteiger partial charge in [-0.25, -0.2) is 9.98 Å². The Balaban J connectivity index is 1.24. The lowest BCUT2D eigenvalue weighted by molar-refractivity contribution is 1.17. The van der Waals surface area contributed by atoms with Crippen molar-refractivity contribution in [3.63, 3.8) is 0 Å². The predicted octanol–water partition coefficient (Wildman–Crippen LogP) is 15.8. The highest BCUT2D eigenvalue weighted by molar-refractivity contribution is 6.17. The minimum atomic E-state index is 0.566. The number of rotatable bonds is 7. The van der Waals surface area contributed by atoms with Gasteiger partial charge in [0.25, 0.3) is 0 Å². The molecule has 8 aromatic rings. The van der Waals surface area contributed by atoms with Gasteiger partial charge in [0, 0.05) is 16.5 Å². The molecule has 0 spiro atoms. The Morgan fingerprint density at radius 2 is 1.32 bits per heavy atom. The molecule has 3 heteroatoms. The summed E-state index contributed by atoms with van der Waals surface area (Å²) in [7, 11) is 0. The van der Waals surface area contributed by atoms with E-state index in [4.69, 9.17) is 9.98 Å². The maximum atomic E-state index is 5.42. The third-order valence-electron chi connectivity index (χ3n) is 12.5. The molecule has 0 aliphatic heterocycles. The molecule has 7 aromatic carbocycles. The van der Waals surface area contributed by atoms with Crippen molar-refractivity contribution in [2.45, 2.75) is 48.0 Å². The van der Waals surface area contributed by atoms with Crippen LogP contribution < -0.4 is 0 Å². The Bertz CT molecular complexity index is 3270. The summed E-state index contributed by atoms with van der Waals surface area (Å²) in [6.07, 6.45) is 9.58. The van der Waals surface area contributed by atoms with Crippen LogP contribution in [0.15, 0.2) is 209 Å². The summed E-state index contributed by atoms with van der Waals surface area (Å²) >= 11 is 0. The molecule has 302 valence electrons. The predicted molar refractivity (Wildman–Crippen MR) is 268 cm³/mol. The second-order valence-corrected chi connectivity index (χ2v) is 16.5. The molecule has 1 aliphatic rings. The molecule has 1 heterocycles. The zero-order chi connectivity index (χ0) is 42.9. The van der Waals surface area contributed by atoms with E-state index in [1.807, 2.05) is 6.92 Å². The number of nitrogens with zero attached hydrogens (tertiary/aromatic N) is 3. The summed E-state index contributed by atoms with van der Waals surface area (Å²) in [5.74, 6) is 0.566. The standard InChI is InChI=1S/C59H51N3/c1-8-18-38(2)39(3)33-40(4)42(6)60-59(61-43(7)46-28-27-45-21-12-13-22-47(45)34-46)62-57-26-17-16-25-54(57)55-30-29-49(37-58(55)62)51-31-32-53-52-24-15-14-23-48(52)35-50(36-56(53)41(51)5)44-19-10-9-11-20-44/h8-35,37H,6,36H2,1-5,7H3/b18-8-,39-38+,40-33+,60-59?,61-43+. The lowest BCUT2D eigenvalue weighted by Crippen LogP contribution is -2.13. The van der Waals surface area contributed by atoms with Crippen molar-refractivity contribution in [3.05, 3.63) is 227 Å². The van der Waals surface area contributed by atoms with E-state index in [-0.39, 0.29) is 0 Å². The number of allylic oxidation sites excluding steroid dienone is 7. The van der Waals surface area contributed by atoms with Crippen LogP contribution in [0.2, 0.25) is 0 Å². The summed E-state index contributed by atoms with van der Waals surface area (Å²) in [6, 6.07) is 54.7. The number of hydrogen-bond donors (Lipinski definition) is 0. The first-order valence-corrected chi connectivity index (χ1v) is 21.5. The Labute approximate surface area is 365 Å². The molecule has 9 rings (SSSR count). The molecule has 1 aromatic heterocycles. The van der Waals surface area contributed by atoms with Crippen molar-refractivity contribution in [2.75, 3.05) is 0 Å². The van der Waals surface area contributed by atoms with Crippen molar-refractivity contribution in [1.29, 1.82) is 0 Å². The summed E-state index contributed by atoms with van der Waals surface area (Å²) in [6.45, 7) is 17.3. The topological polar surface area (TPSA) is 29.6 Å². The molecule has 0 radical (unpaired) electrons. The largest absolute Gasteiger partial charge is 0.278 e. The van der Waals surface area contributed by atoms with Gasteiger partial charge >= 0.3 is 0 Å². The van der Waals surface area contributed by atoms with Crippen LogP contribution in [0.3, 0.4) is 0 Å². The summed E-state index contributed by atoms with van der Waals surface area (Å²) in [5, 5.41) is 4.66. The van der Waals surface area contributed by atoms with Crippen LogP contribution in [0.25, 0.3) is 66.5 Å². The molecule has 0 atom stereocenters. The number of fused-ring (bicyclic) bond motifs is 7. The van der Waals surface area contributed by atoms with E-state index in [2.05, 4.69) is 222 Å². The van der Waals surface area contributed by atoms with Gasteiger partial charge in [-0.1, -0.05) is 164 Å². The maximum Gasteiger partial charge on any atom is 0.235 e. The van der Waals surface area contributed by atoms with Gasteiger partial charge in [-0.2, -0.15) is 0 Å². The van der Waals surface area contributed by atoms with E-state index in [0.29, 0.717) is 11.7 Å². The van der Waals surface area contributed by atoms with E-state index in [9.17, 15) is 0 Å². The third-order valence-corrected chi connectivity index (χ3v) is 12.5. The summed E-state index contributed by atoms with van der Waals surface area (Å²) < 4.78 is 2.23. The minimum Gasteiger partial charge on any atom is -0.278 e. The molecule has 0 fully saturated rings. The van der Waals surface area contributed by atoms with Gasteiger partial charge in [-0.15, -0.1) is 0 Å². The van der Waals surface area contributed by atoms with Crippen LogP contribution in [0.1, 0.15) is 62.4 Å². The fourth-order valence-electron chi connectivity index (χ4n) is 8.90. The van der Waals surface area contributed by atoms with E-state index >= 15 is 0 Å². The van der Waals surface area contributed by atoms with E-state index in [1.165, 1.54) is 66.4 Å². The Hall–Kier alpha value is -7.36. The normalized spacial score (nSPS) is 13.9. The number of hydrogen-bond acceptors (Lipinski definition) is 1. The highest BCUT2D eigenvalue weighted by atomic mass is 15.2. The Morgan fingerprint density at radius 3 is 2.15 bits per heavy atom. The minimum absolute atomic E-state index is 0.566. The fraction of sp³-hybridized carbons (Fsp3) is 0.119. The van der Waals surface area contributed by atoms with Crippen molar-refractivity contribution >= 4 is 55.9 Å². The highest BCUT2D eigenvalue weighted by Gasteiger charge is 2.22. The van der Waals surface area contributed by atoms with E-state index in [0.717, 1.165) is 50.6 Å². The number of aromatic nitrogens is 1. The average Bonchev–Trinajstić information content (AvgIpc) is 3.52. The number of para-hydroxylation sites is 1. The maximum absolute atomic E-state index is 5.42. The van der Waals surface area contributed by atoms with E-state index < -0.39 is 0 Å². The monoisotopic (exact) mass is 801 g/mol. The molecule has 0 saturated carbocycles. The third kappa shape index (κ3) is 7.63. The van der Waals surface area contributed by atoms with Gasteiger partial charge in [0.15, 0.2) is 0 Å². The number of aliphatic imine (C=N–C) groups is 2. The van der Waals surface area contributed by atoms with Gasteiger partial charge in [0.05, 0.1) is 16.7 Å². The molecular weight excluding hydrogens is 751 g/mol. The van der Waals surface area contributed by atoms with Gasteiger partial charge < -0.3 is 0 Å². The number of benzene rings is 7. The first kappa shape index (κ1) is 40.1. The molecule has 0 unspecified atom stereocenters. The van der Waals surface area contributed by atoms with Gasteiger partial charge in [0.1, 0.15) is 0 Å². The molecule has 1 aliphatic carbocycles. The van der Waals surface area contributed by atoms with Gasteiger partial charge in [-0.3, -0.25) is 4.57 Å². The second kappa shape index (κ2) is 17.0. The molecule has 0 saturated heterocycles. The van der Waals surface area contributed by atoms with Crippen LogP contribution >= 0.6 is 0 Å². The van der Waals surface area contributed by atoms with Gasteiger partial charge in [0.2, 0.25) is 5.96 Å².